The molecule has 2 rings (SSSR count). The molecule has 0 amide bonds. The molecule has 0 aromatic heterocycles. The van der Waals surface area contributed by atoms with E-state index in [2.05, 4.69) is 5.32 Å². The average molecular weight is 274 g/mol. The Kier molecular flexibility index (Phi) is 3.89. The summed E-state index contributed by atoms with van der Waals surface area (Å²) < 4.78 is 44.0. The van der Waals surface area contributed by atoms with Gasteiger partial charge in [-0.15, -0.1) is 0 Å². The highest BCUT2D eigenvalue weighted by Crippen LogP contribution is 2.38. The van der Waals surface area contributed by atoms with Gasteiger partial charge in [0.05, 0.1) is 11.7 Å². The molecule has 6 heteroatoms. The lowest BCUT2D eigenvalue weighted by Gasteiger charge is -2.36. The van der Waals surface area contributed by atoms with E-state index in [0.717, 1.165) is 18.9 Å². The zero-order valence-corrected chi connectivity index (χ0v) is 10.6. The van der Waals surface area contributed by atoms with Crippen molar-refractivity contribution < 1.29 is 17.9 Å². The molecule has 1 aliphatic carbocycles. The fraction of sp³-hybridized carbons (Fsp3) is 0.538. The second-order valence-electron chi connectivity index (χ2n) is 4.69. The number of hydrogen-bond acceptors (Lipinski definition) is 3. The largest absolute Gasteiger partial charge is 0.418 e. The summed E-state index contributed by atoms with van der Waals surface area (Å²) in [6.07, 6.45) is -2.78. The van der Waals surface area contributed by atoms with Crippen LogP contribution in [0.5, 0.6) is 0 Å². The van der Waals surface area contributed by atoms with E-state index in [1.165, 1.54) is 12.1 Å². The van der Waals surface area contributed by atoms with Crippen molar-refractivity contribution in [1.82, 2.24) is 0 Å². The van der Waals surface area contributed by atoms with Gasteiger partial charge in [0.25, 0.3) is 0 Å². The summed E-state index contributed by atoms with van der Waals surface area (Å²) in [4.78, 5) is 0. The topological polar surface area (TPSA) is 47.3 Å². The summed E-state index contributed by atoms with van der Waals surface area (Å²) in [5.74, 6) is 0. The highest BCUT2D eigenvalue weighted by Gasteiger charge is 2.36. The van der Waals surface area contributed by atoms with E-state index < -0.39 is 11.7 Å². The highest BCUT2D eigenvalue weighted by atomic mass is 19.4. The number of nitrogens with one attached hydrogen (secondary N) is 1. The second-order valence-corrected chi connectivity index (χ2v) is 4.69. The molecular weight excluding hydrogens is 257 g/mol. The number of rotatable bonds is 4. The Morgan fingerprint density at radius 3 is 2.63 bits per heavy atom. The SMILES string of the molecule is CCOC1CC(Nc2ccc(N)cc2C(F)(F)F)C1. The minimum Gasteiger partial charge on any atom is -0.399 e. The number of nitrogen functional groups attached to an aromatic ring is 1. The van der Waals surface area contributed by atoms with E-state index in [-0.39, 0.29) is 23.5 Å². The van der Waals surface area contributed by atoms with Crippen molar-refractivity contribution in [3.8, 4) is 0 Å². The lowest BCUT2D eigenvalue weighted by molar-refractivity contribution is -0.137. The van der Waals surface area contributed by atoms with Crippen molar-refractivity contribution in [2.45, 2.75) is 38.1 Å². The summed E-state index contributed by atoms with van der Waals surface area (Å²) in [5.41, 5.74) is 4.89. The van der Waals surface area contributed by atoms with Gasteiger partial charge in [0.1, 0.15) is 0 Å². The van der Waals surface area contributed by atoms with Gasteiger partial charge in [-0.25, -0.2) is 0 Å². The summed E-state index contributed by atoms with van der Waals surface area (Å²) in [5, 5.41) is 2.91. The van der Waals surface area contributed by atoms with Gasteiger partial charge in [0.15, 0.2) is 0 Å². The predicted octanol–water partition coefficient (Wildman–Crippen LogP) is 3.27. The van der Waals surface area contributed by atoms with Crippen LogP contribution in [-0.2, 0) is 10.9 Å². The molecule has 19 heavy (non-hydrogen) atoms. The van der Waals surface area contributed by atoms with Crippen molar-refractivity contribution >= 4 is 11.4 Å². The smallest absolute Gasteiger partial charge is 0.399 e. The van der Waals surface area contributed by atoms with Gasteiger partial charge in [-0.1, -0.05) is 0 Å². The van der Waals surface area contributed by atoms with Gasteiger partial charge in [0.2, 0.25) is 0 Å². The molecule has 0 bridgehead atoms. The van der Waals surface area contributed by atoms with Crippen LogP contribution in [0.3, 0.4) is 0 Å². The number of ether oxygens (including phenoxy) is 1. The lowest BCUT2D eigenvalue weighted by atomic mass is 9.88. The molecule has 3 nitrogen and oxygen atoms in total. The molecular formula is C13H17F3N2O. The standard InChI is InChI=1S/C13H17F3N2O/c1-2-19-10-6-9(7-10)18-12-4-3-8(17)5-11(12)13(14,15)16/h3-5,9-10,18H,2,6-7,17H2,1H3. The Labute approximate surface area is 109 Å². The Hall–Kier alpha value is -1.43. The molecule has 0 heterocycles. The van der Waals surface area contributed by atoms with Gasteiger partial charge in [-0.3, -0.25) is 0 Å². The first-order valence-corrected chi connectivity index (χ1v) is 6.25. The zero-order chi connectivity index (χ0) is 14.0. The molecule has 0 unspecified atom stereocenters. The van der Waals surface area contributed by atoms with E-state index in [9.17, 15) is 13.2 Å². The van der Waals surface area contributed by atoms with Gasteiger partial charge in [-0.2, -0.15) is 13.2 Å². The number of alkyl halides is 3. The molecule has 0 aliphatic heterocycles. The van der Waals surface area contributed by atoms with E-state index >= 15 is 0 Å². The first-order valence-electron chi connectivity index (χ1n) is 6.25. The highest BCUT2D eigenvalue weighted by molar-refractivity contribution is 5.59. The van der Waals surface area contributed by atoms with Crippen LogP contribution in [-0.4, -0.2) is 18.8 Å². The number of hydrogen-bond donors (Lipinski definition) is 2. The van der Waals surface area contributed by atoms with Crippen molar-refractivity contribution in [3.05, 3.63) is 23.8 Å². The number of benzene rings is 1. The summed E-state index contributed by atoms with van der Waals surface area (Å²) in [7, 11) is 0. The summed E-state index contributed by atoms with van der Waals surface area (Å²) in [6.45, 7) is 2.54. The van der Waals surface area contributed by atoms with Crippen molar-refractivity contribution in [2.24, 2.45) is 0 Å². The minimum absolute atomic E-state index is 0.0290. The van der Waals surface area contributed by atoms with E-state index in [4.69, 9.17) is 10.5 Å². The average Bonchev–Trinajstić information content (AvgIpc) is 2.27. The molecule has 1 aromatic rings. The second kappa shape index (κ2) is 5.28. The number of halogens is 3. The van der Waals surface area contributed by atoms with Crippen molar-refractivity contribution in [3.63, 3.8) is 0 Å². The van der Waals surface area contributed by atoms with Crippen LogP contribution in [0.15, 0.2) is 18.2 Å². The molecule has 1 fully saturated rings. The van der Waals surface area contributed by atoms with Crippen LogP contribution in [0.25, 0.3) is 0 Å². The predicted molar refractivity (Wildman–Crippen MR) is 67.9 cm³/mol. The van der Waals surface area contributed by atoms with Crippen LogP contribution in [0.2, 0.25) is 0 Å². The minimum atomic E-state index is -4.40. The number of anilines is 2. The molecule has 0 radical (unpaired) electrons. The maximum absolute atomic E-state index is 12.9. The first kappa shape index (κ1) is 14.0. The van der Waals surface area contributed by atoms with Gasteiger partial charge in [-0.05, 0) is 38.0 Å². The Morgan fingerprint density at radius 1 is 1.37 bits per heavy atom. The summed E-state index contributed by atoms with van der Waals surface area (Å²) in [6, 6.07) is 3.84. The van der Waals surface area contributed by atoms with E-state index in [1.807, 2.05) is 6.92 Å². The Bertz CT molecular complexity index is 442. The lowest BCUT2D eigenvalue weighted by Crippen LogP contribution is -2.41. The monoisotopic (exact) mass is 274 g/mol. The molecule has 0 spiro atoms. The van der Waals surface area contributed by atoms with Crippen molar-refractivity contribution in [2.75, 3.05) is 17.7 Å². The van der Waals surface area contributed by atoms with Crippen LogP contribution in [0, 0.1) is 0 Å². The van der Waals surface area contributed by atoms with Crippen LogP contribution < -0.4 is 11.1 Å². The molecule has 106 valence electrons. The third kappa shape index (κ3) is 3.32. The number of nitrogens with two attached hydrogens (primary N) is 1. The Balaban J connectivity index is 2.05. The maximum Gasteiger partial charge on any atom is 0.418 e. The maximum atomic E-state index is 12.9. The van der Waals surface area contributed by atoms with Crippen molar-refractivity contribution in [1.29, 1.82) is 0 Å². The van der Waals surface area contributed by atoms with E-state index in [0.29, 0.717) is 6.61 Å². The summed E-state index contributed by atoms with van der Waals surface area (Å²) >= 11 is 0. The molecule has 0 saturated heterocycles. The van der Waals surface area contributed by atoms with E-state index in [1.54, 1.807) is 0 Å². The molecule has 1 aromatic carbocycles. The fourth-order valence-electron chi connectivity index (χ4n) is 2.20. The quantitative estimate of drug-likeness (QED) is 0.828. The third-order valence-corrected chi connectivity index (χ3v) is 3.21. The molecule has 0 atom stereocenters. The third-order valence-electron chi connectivity index (χ3n) is 3.21. The van der Waals surface area contributed by atoms with Gasteiger partial charge < -0.3 is 15.8 Å². The van der Waals surface area contributed by atoms with Crippen LogP contribution in [0.1, 0.15) is 25.3 Å². The molecule has 1 saturated carbocycles. The fourth-order valence-corrected chi connectivity index (χ4v) is 2.20. The normalized spacial score (nSPS) is 22.9. The van der Waals surface area contributed by atoms with Crippen LogP contribution in [0.4, 0.5) is 24.5 Å². The van der Waals surface area contributed by atoms with Gasteiger partial charge >= 0.3 is 6.18 Å². The van der Waals surface area contributed by atoms with Crippen LogP contribution >= 0.6 is 0 Å². The van der Waals surface area contributed by atoms with Gasteiger partial charge in [0, 0.05) is 24.0 Å². The molecule has 1 aliphatic rings. The first-order chi connectivity index (χ1) is 8.90. The molecule has 3 N–H and O–H groups in total. The zero-order valence-electron chi connectivity index (χ0n) is 10.6. The Morgan fingerprint density at radius 2 is 2.05 bits per heavy atom.